The van der Waals surface area contributed by atoms with E-state index in [9.17, 15) is 4.79 Å². The Morgan fingerprint density at radius 2 is 2.12 bits per heavy atom. The number of carbonyl (C=O) groups excluding carboxylic acids is 1. The van der Waals surface area contributed by atoms with Gasteiger partial charge in [-0.1, -0.05) is 0 Å². The van der Waals surface area contributed by atoms with E-state index in [2.05, 4.69) is 15.3 Å². The highest BCUT2D eigenvalue weighted by atomic mass is 32.1. The van der Waals surface area contributed by atoms with Crippen molar-refractivity contribution in [2.75, 3.05) is 6.61 Å². The summed E-state index contributed by atoms with van der Waals surface area (Å²) in [6.07, 6.45) is 3.44. The van der Waals surface area contributed by atoms with Gasteiger partial charge in [0.05, 0.1) is 12.2 Å². The molecular formula is C18H20N4O2S. The summed E-state index contributed by atoms with van der Waals surface area (Å²) in [6.45, 7) is 6.80. The maximum absolute atomic E-state index is 12.6. The van der Waals surface area contributed by atoms with E-state index in [1.165, 1.54) is 0 Å². The Kier molecular flexibility index (Phi) is 5.14. The van der Waals surface area contributed by atoms with Crippen molar-refractivity contribution in [3.8, 4) is 11.0 Å². The number of amides is 1. The molecule has 0 atom stereocenters. The minimum absolute atomic E-state index is 0.106. The maximum atomic E-state index is 12.6. The molecule has 6 nitrogen and oxygen atoms in total. The Morgan fingerprint density at radius 3 is 2.84 bits per heavy atom. The molecule has 1 amide bonds. The summed E-state index contributed by atoms with van der Waals surface area (Å²) >= 11 is 1.55. The molecule has 3 aromatic rings. The van der Waals surface area contributed by atoms with Gasteiger partial charge in [0, 0.05) is 41.8 Å². The first-order chi connectivity index (χ1) is 12.1. The van der Waals surface area contributed by atoms with Gasteiger partial charge in [-0.3, -0.25) is 9.36 Å². The third-order valence-electron chi connectivity index (χ3n) is 3.83. The highest BCUT2D eigenvalue weighted by Crippen LogP contribution is 2.22. The van der Waals surface area contributed by atoms with Gasteiger partial charge in [-0.05, 0) is 38.5 Å². The van der Waals surface area contributed by atoms with Gasteiger partial charge >= 0.3 is 0 Å². The number of aromatic nitrogens is 3. The lowest BCUT2D eigenvalue weighted by molar-refractivity contribution is 0.0950. The average molecular weight is 356 g/mol. The Labute approximate surface area is 150 Å². The molecule has 7 heteroatoms. The van der Waals surface area contributed by atoms with E-state index in [0.717, 1.165) is 22.1 Å². The van der Waals surface area contributed by atoms with Crippen LogP contribution < -0.4 is 10.1 Å². The predicted octanol–water partition coefficient (Wildman–Crippen LogP) is 3.27. The van der Waals surface area contributed by atoms with E-state index in [1.807, 2.05) is 48.9 Å². The van der Waals surface area contributed by atoms with Crippen molar-refractivity contribution in [3.05, 3.63) is 58.5 Å². The third kappa shape index (κ3) is 3.71. The van der Waals surface area contributed by atoms with E-state index in [-0.39, 0.29) is 5.91 Å². The van der Waals surface area contributed by atoms with E-state index >= 15 is 0 Å². The second-order valence-corrected chi connectivity index (χ2v) is 6.43. The molecule has 130 valence electrons. The van der Waals surface area contributed by atoms with Crippen LogP contribution in [0.3, 0.4) is 0 Å². The van der Waals surface area contributed by atoms with Crippen LogP contribution in [0, 0.1) is 13.8 Å². The van der Waals surface area contributed by atoms with Gasteiger partial charge in [0.1, 0.15) is 0 Å². The maximum Gasteiger partial charge on any atom is 0.253 e. The van der Waals surface area contributed by atoms with Gasteiger partial charge in [-0.15, -0.1) is 11.3 Å². The number of thiazole rings is 1. The molecule has 3 heterocycles. The van der Waals surface area contributed by atoms with Crippen LogP contribution in [0.4, 0.5) is 0 Å². The summed E-state index contributed by atoms with van der Waals surface area (Å²) in [5.74, 6) is 0.460. The Balaban J connectivity index is 1.74. The van der Waals surface area contributed by atoms with Crippen LogP contribution in [0.5, 0.6) is 5.88 Å². The smallest absolute Gasteiger partial charge is 0.253 e. The number of hydrogen-bond acceptors (Lipinski definition) is 5. The molecule has 0 bridgehead atoms. The first kappa shape index (κ1) is 17.2. The predicted molar refractivity (Wildman–Crippen MR) is 97.5 cm³/mol. The van der Waals surface area contributed by atoms with Gasteiger partial charge in [0.25, 0.3) is 5.91 Å². The second kappa shape index (κ2) is 7.48. The summed E-state index contributed by atoms with van der Waals surface area (Å²) in [4.78, 5) is 21.1. The molecule has 0 unspecified atom stereocenters. The SMILES string of the molecule is CCOc1cc(CNC(=O)c2cc(C)n(-c3nccs3)c2C)ccn1. The number of rotatable bonds is 6. The van der Waals surface area contributed by atoms with Crippen LogP contribution in [0.2, 0.25) is 0 Å². The number of nitrogens with one attached hydrogen (secondary N) is 1. The quantitative estimate of drug-likeness (QED) is 0.736. The fourth-order valence-electron chi connectivity index (χ4n) is 2.68. The van der Waals surface area contributed by atoms with Gasteiger partial charge in [0.2, 0.25) is 5.88 Å². The molecule has 0 aliphatic rings. The van der Waals surface area contributed by atoms with Gasteiger partial charge < -0.3 is 10.1 Å². The molecule has 0 radical (unpaired) electrons. The van der Waals surface area contributed by atoms with Gasteiger partial charge in [-0.25, -0.2) is 9.97 Å². The fourth-order valence-corrected chi connectivity index (χ4v) is 3.43. The van der Waals surface area contributed by atoms with E-state index < -0.39 is 0 Å². The molecule has 3 rings (SSSR count). The molecule has 0 aliphatic heterocycles. The van der Waals surface area contributed by atoms with Gasteiger partial charge in [-0.2, -0.15) is 0 Å². The van der Waals surface area contributed by atoms with Crippen LogP contribution in [0.1, 0.15) is 34.2 Å². The molecular weight excluding hydrogens is 336 g/mol. The Hall–Kier alpha value is -2.67. The number of ether oxygens (including phenoxy) is 1. The topological polar surface area (TPSA) is 69.0 Å². The number of aryl methyl sites for hydroxylation is 1. The van der Waals surface area contributed by atoms with Crippen molar-refractivity contribution >= 4 is 17.2 Å². The molecule has 0 aliphatic carbocycles. The van der Waals surface area contributed by atoms with E-state index in [1.54, 1.807) is 23.7 Å². The minimum Gasteiger partial charge on any atom is -0.478 e. The summed E-state index contributed by atoms with van der Waals surface area (Å²) in [5.41, 5.74) is 3.47. The van der Waals surface area contributed by atoms with Crippen LogP contribution in [-0.4, -0.2) is 27.0 Å². The lowest BCUT2D eigenvalue weighted by Gasteiger charge is -2.08. The Bertz CT molecular complexity index is 871. The molecule has 0 aromatic carbocycles. The third-order valence-corrected chi connectivity index (χ3v) is 4.59. The molecule has 25 heavy (non-hydrogen) atoms. The largest absolute Gasteiger partial charge is 0.478 e. The highest BCUT2D eigenvalue weighted by Gasteiger charge is 2.17. The van der Waals surface area contributed by atoms with Crippen LogP contribution >= 0.6 is 11.3 Å². The van der Waals surface area contributed by atoms with Crippen molar-refractivity contribution in [1.29, 1.82) is 0 Å². The number of carbonyl (C=O) groups is 1. The Morgan fingerprint density at radius 1 is 1.28 bits per heavy atom. The summed E-state index contributed by atoms with van der Waals surface area (Å²) in [6, 6.07) is 5.59. The summed E-state index contributed by atoms with van der Waals surface area (Å²) in [5, 5.41) is 5.75. The van der Waals surface area contributed by atoms with Crippen molar-refractivity contribution in [2.24, 2.45) is 0 Å². The zero-order chi connectivity index (χ0) is 17.8. The van der Waals surface area contributed by atoms with Crippen molar-refractivity contribution < 1.29 is 9.53 Å². The van der Waals surface area contributed by atoms with Crippen molar-refractivity contribution in [3.63, 3.8) is 0 Å². The zero-order valence-corrected chi connectivity index (χ0v) is 15.3. The normalized spacial score (nSPS) is 10.7. The molecule has 3 aromatic heterocycles. The minimum atomic E-state index is -0.106. The number of pyridine rings is 1. The van der Waals surface area contributed by atoms with Gasteiger partial charge in [0.15, 0.2) is 5.13 Å². The van der Waals surface area contributed by atoms with Crippen LogP contribution in [0.15, 0.2) is 36.0 Å². The molecule has 0 saturated heterocycles. The monoisotopic (exact) mass is 356 g/mol. The van der Waals surface area contributed by atoms with Crippen LogP contribution in [-0.2, 0) is 6.54 Å². The van der Waals surface area contributed by atoms with E-state index in [4.69, 9.17) is 4.74 Å². The molecule has 0 spiro atoms. The number of nitrogens with zero attached hydrogens (tertiary/aromatic N) is 3. The highest BCUT2D eigenvalue weighted by molar-refractivity contribution is 7.12. The van der Waals surface area contributed by atoms with Crippen LogP contribution in [0.25, 0.3) is 5.13 Å². The summed E-state index contributed by atoms with van der Waals surface area (Å²) in [7, 11) is 0. The standard InChI is InChI=1S/C18H20N4O2S/c1-4-24-16-10-14(5-6-19-16)11-21-17(23)15-9-12(2)22(13(15)3)18-20-7-8-25-18/h5-10H,4,11H2,1-3H3,(H,21,23). The van der Waals surface area contributed by atoms with Crippen molar-refractivity contribution in [1.82, 2.24) is 19.9 Å². The second-order valence-electron chi connectivity index (χ2n) is 5.55. The average Bonchev–Trinajstić information content (AvgIpc) is 3.21. The molecule has 1 N–H and O–H groups in total. The van der Waals surface area contributed by atoms with E-state index in [0.29, 0.717) is 24.6 Å². The lowest BCUT2D eigenvalue weighted by Crippen LogP contribution is -2.23. The lowest BCUT2D eigenvalue weighted by atomic mass is 10.2. The number of hydrogen-bond donors (Lipinski definition) is 1. The fraction of sp³-hybridized carbons (Fsp3) is 0.278. The zero-order valence-electron chi connectivity index (χ0n) is 14.4. The van der Waals surface area contributed by atoms with Crippen molar-refractivity contribution in [2.45, 2.75) is 27.3 Å². The first-order valence-electron chi connectivity index (χ1n) is 8.05. The molecule has 0 fully saturated rings. The first-order valence-corrected chi connectivity index (χ1v) is 8.93. The summed E-state index contributed by atoms with van der Waals surface area (Å²) < 4.78 is 7.38. The molecule has 0 saturated carbocycles.